The molecule has 9 heteroatoms. The summed E-state index contributed by atoms with van der Waals surface area (Å²) in [6.45, 7) is 5.73. The number of carbonyl (C=O) groups is 3. The largest absolute Gasteiger partial charge is 0.494 e. The van der Waals surface area contributed by atoms with Gasteiger partial charge in [-0.25, -0.2) is 5.43 Å². The summed E-state index contributed by atoms with van der Waals surface area (Å²) >= 11 is 0. The number of amides is 3. The minimum atomic E-state index is -0.877. The van der Waals surface area contributed by atoms with Crippen LogP contribution in [0.25, 0.3) is 0 Å². The zero-order valence-corrected chi connectivity index (χ0v) is 17.7. The van der Waals surface area contributed by atoms with Crippen molar-refractivity contribution in [2.24, 2.45) is 5.10 Å². The number of rotatable bonds is 9. The second-order valence-electron chi connectivity index (χ2n) is 6.66. The van der Waals surface area contributed by atoms with Gasteiger partial charge >= 0.3 is 11.8 Å². The Balaban J connectivity index is 1.89. The molecule has 0 unspecified atom stereocenters. The van der Waals surface area contributed by atoms with Gasteiger partial charge in [-0.15, -0.1) is 0 Å². The van der Waals surface area contributed by atoms with Crippen LogP contribution in [0.15, 0.2) is 53.6 Å². The van der Waals surface area contributed by atoms with Crippen molar-refractivity contribution >= 4 is 29.6 Å². The monoisotopic (exact) mass is 426 g/mol. The van der Waals surface area contributed by atoms with Crippen LogP contribution in [0.3, 0.4) is 0 Å². The van der Waals surface area contributed by atoms with Crippen LogP contribution in [0, 0.1) is 0 Å². The highest BCUT2D eigenvalue weighted by Gasteiger charge is 2.13. The number of nitrogens with zero attached hydrogens (tertiary/aromatic N) is 1. The van der Waals surface area contributed by atoms with E-state index in [0.29, 0.717) is 23.6 Å². The smallest absolute Gasteiger partial charge is 0.329 e. The quantitative estimate of drug-likeness (QED) is 0.322. The van der Waals surface area contributed by atoms with Crippen molar-refractivity contribution < 1.29 is 23.9 Å². The SMILES string of the molecule is CCOc1ccc(NC(=O)COc2ccccc2/C=N\NC(=O)C(=O)NC(C)C)cc1. The third-order valence-electron chi connectivity index (χ3n) is 3.72. The lowest BCUT2D eigenvalue weighted by Gasteiger charge is -2.10. The minimum absolute atomic E-state index is 0.162. The lowest BCUT2D eigenvalue weighted by atomic mass is 10.2. The molecule has 0 aromatic heterocycles. The van der Waals surface area contributed by atoms with Crippen LogP contribution >= 0.6 is 0 Å². The van der Waals surface area contributed by atoms with E-state index in [1.165, 1.54) is 6.21 Å². The van der Waals surface area contributed by atoms with Gasteiger partial charge < -0.3 is 20.1 Å². The van der Waals surface area contributed by atoms with Gasteiger partial charge in [-0.3, -0.25) is 14.4 Å². The molecule has 2 aromatic carbocycles. The molecule has 0 saturated carbocycles. The summed E-state index contributed by atoms with van der Waals surface area (Å²) in [6.07, 6.45) is 1.33. The number of nitrogens with one attached hydrogen (secondary N) is 3. The fourth-order valence-electron chi connectivity index (χ4n) is 2.40. The second-order valence-corrected chi connectivity index (χ2v) is 6.66. The van der Waals surface area contributed by atoms with Crippen LogP contribution in [0.4, 0.5) is 5.69 Å². The Hall–Kier alpha value is -3.88. The Morgan fingerprint density at radius 2 is 1.71 bits per heavy atom. The Bertz CT molecular complexity index is 926. The van der Waals surface area contributed by atoms with Crippen molar-refractivity contribution in [3.05, 3.63) is 54.1 Å². The molecule has 2 rings (SSSR count). The van der Waals surface area contributed by atoms with Gasteiger partial charge in [0.2, 0.25) is 0 Å². The van der Waals surface area contributed by atoms with Gasteiger partial charge in [0.1, 0.15) is 11.5 Å². The highest BCUT2D eigenvalue weighted by atomic mass is 16.5. The molecule has 0 saturated heterocycles. The Morgan fingerprint density at radius 1 is 1.00 bits per heavy atom. The van der Waals surface area contributed by atoms with Crippen LogP contribution in [0.2, 0.25) is 0 Å². The van der Waals surface area contributed by atoms with Crippen molar-refractivity contribution in [3.63, 3.8) is 0 Å². The first kappa shape index (κ1) is 23.4. The molecule has 164 valence electrons. The zero-order valence-electron chi connectivity index (χ0n) is 17.7. The fraction of sp³-hybridized carbons (Fsp3) is 0.273. The van der Waals surface area contributed by atoms with Gasteiger partial charge in [-0.1, -0.05) is 12.1 Å². The van der Waals surface area contributed by atoms with Crippen LogP contribution in [-0.4, -0.2) is 43.2 Å². The molecule has 0 bridgehead atoms. The van der Waals surface area contributed by atoms with Crippen molar-refractivity contribution in [2.45, 2.75) is 26.8 Å². The summed E-state index contributed by atoms with van der Waals surface area (Å²) in [4.78, 5) is 35.4. The van der Waals surface area contributed by atoms with Crippen molar-refractivity contribution in [3.8, 4) is 11.5 Å². The van der Waals surface area contributed by atoms with Gasteiger partial charge in [0.15, 0.2) is 6.61 Å². The first-order chi connectivity index (χ1) is 14.9. The molecule has 3 amide bonds. The zero-order chi connectivity index (χ0) is 22.6. The average molecular weight is 426 g/mol. The Labute approximate surface area is 180 Å². The molecule has 0 spiro atoms. The molecule has 0 radical (unpaired) electrons. The van der Waals surface area contributed by atoms with E-state index in [2.05, 4.69) is 21.2 Å². The maximum absolute atomic E-state index is 12.2. The van der Waals surface area contributed by atoms with Gasteiger partial charge in [-0.2, -0.15) is 5.10 Å². The van der Waals surface area contributed by atoms with E-state index in [1.54, 1.807) is 62.4 Å². The highest BCUT2D eigenvalue weighted by Crippen LogP contribution is 2.17. The molecule has 9 nitrogen and oxygen atoms in total. The van der Waals surface area contributed by atoms with Crippen molar-refractivity contribution in [1.29, 1.82) is 0 Å². The maximum Gasteiger partial charge on any atom is 0.329 e. The van der Waals surface area contributed by atoms with Gasteiger partial charge in [0.25, 0.3) is 5.91 Å². The second kappa shape index (κ2) is 12.0. The predicted octanol–water partition coefficient (Wildman–Crippen LogP) is 2.08. The molecule has 0 aliphatic carbocycles. The summed E-state index contributed by atoms with van der Waals surface area (Å²) in [5, 5.41) is 8.97. The molecular formula is C22H26N4O5. The Morgan fingerprint density at radius 3 is 2.39 bits per heavy atom. The number of benzene rings is 2. The van der Waals surface area contributed by atoms with Crippen molar-refractivity contribution in [1.82, 2.24) is 10.7 Å². The minimum Gasteiger partial charge on any atom is -0.494 e. The van der Waals surface area contributed by atoms with Crippen LogP contribution in [-0.2, 0) is 14.4 Å². The number of hydrazone groups is 1. The summed E-state index contributed by atoms with van der Waals surface area (Å²) < 4.78 is 10.9. The molecule has 0 atom stereocenters. The lowest BCUT2D eigenvalue weighted by molar-refractivity contribution is -0.139. The number of carbonyl (C=O) groups excluding carboxylic acids is 3. The molecular weight excluding hydrogens is 400 g/mol. The van der Waals surface area contributed by atoms with E-state index in [-0.39, 0.29) is 18.6 Å². The van der Waals surface area contributed by atoms with Crippen LogP contribution < -0.4 is 25.5 Å². The number of para-hydroxylation sites is 1. The molecule has 3 N–H and O–H groups in total. The molecule has 31 heavy (non-hydrogen) atoms. The van der Waals surface area contributed by atoms with E-state index in [1.807, 2.05) is 6.92 Å². The summed E-state index contributed by atoms with van der Waals surface area (Å²) in [7, 11) is 0. The van der Waals surface area contributed by atoms with Crippen molar-refractivity contribution in [2.75, 3.05) is 18.5 Å². The topological polar surface area (TPSA) is 118 Å². The number of anilines is 1. The highest BCUT2D eigenvalue weighted by molar-refractivity contribution is 6.35. The Kier molecular flexibility index (Phi) is 9.03. The summed E-state index contributed by atoms with van der Waals surface area (Å²) in [6, 6.07) is 13.7. The molecule has 2 aromatic rings. The molecule has 0 aliphatic rings. The molecule has 0 heterocycles. The lowest BCUT2D eigenvalue weighted by Crippen LogP contribution is -2.41. The summed E-state index contributed by atoms with van der Waals surface area (Å²) in [5.41, 5.74) is 3.30. The number of hydrogen-bond acceptors (Lipinski definition) is 6. The normalized spacial score (nSPS) is 10.6. The first-order valence-corrected chi connectivity index (χ1v) is 9.77. The van der Waals surface area contributed by atoms with Gasteiger partial charge in [-0.05, 0) is 57.2 Å². The van der Waals surface area contributed by atoms with Gasteiger partial charge in [0.05, 0.1) is 12.8 Å². The molecule has 0 fully saturated rings. The van der Waals surface area contributed by atoms with E-state index >= 15 is 0 Å². The fourth-order valence-corrected chi connectivity index (χ4v) is 2.40. The van der Waals surface area contributed by atoms with Crippen LogP contribution in [0.5, 0.6) is 11.5 Å². The van der Waals surface area contributed by atoms with E-state index in [4.69, 9.17) is 9.47 Å². The molecule has 0 aliphatic heterocycles. The van der Waals surface area contributed by atoms with E-state index in [0.717, 1.165) is 5.75 Å². The van der Waals surface area contributed by atoms with E-state index in [9.17, 15) is 14.4 Å². The summed E-state index contributed by atoms with van der Waals surface area (Å²) in [5.74, 6) is -0.872. The van der Waals surface area contributed by atoms with E-state index < -0.39 is 11.8 Å². The average Bonchev–Trinajstić information content (AvgIpc) is 2.74. The van der Waals surface area contributed by atoms with Gasteiger partial charge in [0, 0.05) is 17.3 Å². The standard InChI is InChI=1S/C22H26N4O5/c1-4-30-18-11-9-17(10-12-18)25-20(27)14-31-19-8-6-5-7-16(19)13-23-26-22(29)21(28)24-15(2)3/h5-13,15H,4,14H2,1-3H3,(H,24,28)(H,25,27)(H,26,29)/b23-13-. The first-order valence-electron chi connectivity index (χ1n) is 9.77. The maximum atomic E-state index is 12.2. The number of ether oxygens (including phenoxy) is 2. The predicted molar refractivity (Wildman–Crippen MR) is 117 cm³/mol. The number of hydrogen-bond donors (Lipinski definition) is 3. The third kappa shape index (κ3) is 8.17. The third-order valence-corrected chi connectivity index (χ3v) is 3.72. The van der Waals surface area contributed by atoms with Crippen LogP contribution in [0.1, 0.15) is 26.3 Å².